The van der Waals surface area contributed by atoms with Gasteiger partial charge in [0.15, 0.2) is 0 Å². The van der Waals surface area contributed by atoms with E-state index < -0.39 is 0 Å². The summed E-state index contributed by atoms with van der Waals surface area (Å²) in [7, 11) is 0. The van der Waals surface area contributed by atoms with Crippen LogP contribution in [0.3, 0.4) is 0 Å². The van der Waals surface area contributed by atoms with Crippen molar-refractivity contribution in [3.63, 3.8) is 0 Å². The molecule has 0 bridgehead atoms. The van der Waals surface area contributed by atoms with Crippen LogP contribution in [0.2, 0.25) is 0 Å². The van der Waals surface area contributed by atoms with Crippen LogP contribution >= 0.6 is 11.3 Å². The number of thiazole rings is 1. The molecular formula is C13H15N3S. The summed E-state index contributed by atoms with van der Waals surface area (Å²) in [6, 6.07) is 5.92. The van der Waals surface area contributed by atoms with Crippen LogP contribution in [0.25, 0.3) is 10.7 Å². The number of rotatable bonds is 4. The molecule has 0 saturated heterocycles. The highest BCUT2D eigenvalue weighted by molar-refractivity contribution is 7.13. The Kier molecular flexibility index (Phi) is 2.68. The van der Waals surface area contributed by atoms with Crippen LogP contribution in [-0.4, -0.2) is 15.5 Å². The SMILES string of the molecule is CC1(NCc2csc(-c3ccccn3)n2)CC1. The van der Waals surface area contributed by atoms with Crippen molar-refractivity contribution < 1.29 is 0 Å². The quantitative estimate of drug-likeness (QED) is 0.900. The molecule has 0 spiro atoms. The molecule has 1 aliphatic carbocycles. The molecule has 2 heterocycles. The third-order valence-electron chi connectivity index (χ3n) is 3.13. The van der Waals surface area contributed by atoms with Crippen molar-refractivity contribution in [3.05, 3.63) is 35.5 Å². The number of nitrogens with one attached hydrogen (secondary N) is 1. The van der Waals surface area contributed by atoms with Crippen LogP contribution in [0.1, 0.15) is 25.5 Å². The van der Waals surface area contributed by atoms with Crippen LogP contribution in [0.4, 0.5) is 0 Å². The topological polar surface area (TPSA) is 37.8 Å². The summed E-state index contributed by atoms with van der Waals surface area (Å²) in [5.74, 6) is 0. The molecule has 3 rings (SSSR count). The maximum Gasteiger partial charge on any atom is 0.142 e. The molecule has 2 aromatic heterocycles. The molecule has 0 amide bonds. The number of pyridine rings is 1. The van der Waals surface area contributed by atoms with Crippen molar-refractivity contribution in [2.75, 3.05) is 0 Å². The third-order valence-corrected chi connectivity index (χ3v) is 4.05. The van der Waals surface area contributed by atoms with E-state index >= 15 is 0 Å². The highest BCUT2D eigenvalue weighted by Crippen LogP contribution is 2.34. The zero-order valence-corrected chi connectivity index (χ0v) is 10.6. The fourth-order valence-corrected chi connectivity index (χ4v) is 2.46. The Morgan fingerprint density at radius 1 is 1.41 bits per heavy atom. The fourth-order valence-electron chi connectivity index (χ4n) is 1.66. The van der Waals surface area contributed by atoms with Gasteiger partial charge in [0, 0.05) is 23.7 Å². The molecule has 1 fully saturated rings. The predicted molar refractivity (Wildman–Crippen MR) is 69.8 cm³/mol. The highest BCUT2D eigenvalue weighted by atomic mass is 32.1. The monoisotopic (exact) mass is 245 g/mol. The van der Waals surface area contributed by atoms with Crippen molar-refractivity contribution in [2.45, 2.75) is 31.8 Å². The summed E-state index contributed by atoms with van der Waals surface area (Å²) in [6.07, 6.45) is 4.37. The molecule has 0 radical (unpaired) electrons. The predicted octanol–water partition coefficient (Wildman–Crippen LogP) is 2.85. The molecular weight excluding hydrogens is 230 g/mol. The van der Waals surface area contributed by atoms with E-state index in [9.17, 15) is 0 Å². The van der Waals surface area contributed by atoms with E-state index in [0.717, 1.165) is 22.9 Å². The van der Waals surface area contributed by atoms with Gasteiger partial charge in [0.2, 0.25) is 0 Å². The van der Waals surface area contributed by atoms with Crippen molar-refractivity contribution in [3.8, 4) is 10.7 Å². The molecule has 17 heavy (non-hydrogen) atoms. The average Bonchev–Trinajstić information content (AvgIpc) is 2.93. The molecule has 2 aromatic rings. The van der Waals surface area contributed by atoms with E-state index in [-0.39, 0.29) is 0 Å². The lowest BCUT2D eigenvalue weighted by Crippen LogP contribution is -2.27. The zero-order valence-electron chi connectivity index (χ0n) is 9.81. The summed E-state index contributed by atoms with van der Waals surface area (Å²) in [6.45, 7) is 3.12. The zero-order chi connectivity index (χ0) is 11.7. The Balaban J connectivity index is 1.70. The van der Waals surface area contributed by atoms with E-state index in [4.69, 9.17) is 0 Å². The van der Waals surface area contributed by atoms with Gasteiger partial charge in [0.1, 0.15) is 5.01 Å². The molecule has 1 aliphatic rings. The standard InChI is InChI=1S/C13H15N3S/c1-13(5-6-13)15-8-10-9-17-12(16-10)11-4-2-3-7-14-11/h2-4,7,9,15H,5-6,8H2,1H3. The van der Waals surface area contributed by atoms with Crippen LogP contribution in [0, 0.1) is 0 Å². The van der Waals surface area contributed by atoms with E-state index in [1.165, 1.54) is 12.8 Å². The summed E-state index contributed by atoms with van der Waals surface area (Å²) in [5.41, 5.74) is 2.44. The lowest BCUT2D eigenvalue weighted by atomic mass is 10.3. The molecule has 4 heteroatoms. The summed E-state index contributed by atoms with van der Waals surface area (Å²) in [4.78, 5) is 8.92. The lowest BCUT2D eigenvalue weighted by molar-refractivity contribution is 0.533. The smallest absolute Gasteiger partial charge is 0.142 e. The van der Waals surface area contributed by atoms with Crippen molar-refractivity contribution in [1.29, 1.82) is 0 Å². The van der Waals surface area contributed by atoms with Gasteiger partial charge in [-0.1, -0.05) is 6.07 Å². The first-order valence-corrected chi connectivity index (χ1v) is 6.74. The van der Waals surface area contributed by atoms with Gasteiger partial charge in [-0.05, 0) is 31.9 Å². The minimum atomic E-state index is 0.370. The Morgan fingerprint density at radius 2 is 2.29 bits per heavy atom. The number of aromatic nitrogens is 2. The normalized spacial score (nSPS) is 17.0. The first-order chi connectivity index (χ1) is 8.25. The summed E-state index contributed by atoms with van der Waals surface area (Å²) < 4.78 is 0. The second kappa shape index (κ2) is 4.20. The first kappa shape index (κ1) is 10.9. The molecule has 0 aliphatic heterocycles. The van der Waals surface area contributed by atoms with Gasteiger partial charge in [-0.2, -0.15) is 0 Å². The van der Waals surface area contributed by atoms with Crippen molar-refractivity contribution in [1.82, 2.24) is 15.3 Å². The average molecular weight is 245 g/mol. The molecule has 0 atom stereocenters. The van der Waals surface area contributed by atoms with E-state index in [0.29, 0.717) is 5.54 Å². The second-order valence-corrected chi connectivity index (χ2v) is 5.63. The fraction of sp³-hybridized carbons (Fsp3) is 0.385. The number of hydrogen-bond donors (Lipinski definition) is 1. The molecule has 0 unspecified atom stereocenters. The largest absolute Gasteiger partial charge is 0.306 e. The van der Waals surface area contributed by atoms with Crippen LogP contribution in [-0.2, 0) is 6.54 Å². The Bertz CT molecular complexity index is 502. The third kappa shape index (κ3) is 2.53. The van der Waals surface area contributed by atoms with Crippen molar-refractivity contribution >= 4 is 11.3 Å². The maximum absolute atomic E-state index is 4.60. The Labute approximate surface area is 105 Å². The van der Waals surface area contributed by atoms with Gasteiger partial charge in [-0.15, -0.1) is 11.3 Å². The van der Waals surface area contributed by atoms with Gasteiger partial charge < -0.3 is 5.32 Å². The Hall–Kier alpha value is -1.26. The first-order valence-electron chi connectivity index (χ1n) is 5.86. The minimum absolute atomic E-state index is 0.370. The second-order valence-electron chi connectivity index (χ2n) is 4.77. The van der Waals surface area contributed by atoms with E-state index in [2.05, 4.69) is 27.6 Å². The summed E-state index contributed by atoms with van der Waals surface area (Å²) in [5, 5.41) is 6.65. The lowest BCUT2D eigenvalue weighted by Gasteiger charge is -2.08. The van der Waals surface area contributed by atoms with Crippen LogP contribution < -0.4 is 5.32 Å². The maximum atomic E-state index is 4.60. The van der Waals surface area contributed by atoms with Gasteiger partial charge in [-0.25, -0.2) is 4.98 Å². The van der Waals surface area contributed by atoms with Gasteiger partial charge >= 0.3 is 0 Å². The molecule has 0 aromatic carbocycles. The number of nitrogens with zero attached hydrogens (tertiary/aromatic N) is 2. The Morgan fingerprint density at radius 3 is 3.00 bits per heavy atom. The molecule has 88 valence electrons. The highest BCUT2D eigenvalue weighted by Gasteiger charge is 2.36. The molecule has 3 nitrogen and oxygen atoms in total. The summed E-state index contributed by atoms with van der Waals surface area (Å²) >= 11 is 1.66. The molecule has 1 saturated carbocycles. The van der Waals surface area contributed by atoms with E-state index in [1.807, 2.05) is 18.2 Å². The van der Waals surface area contributed by atoms with Gasteiger partial charge in [-0.3, -0.25) is 4.98 Å². The van der Waals surface area contributed by atoms with Gasteiger partial charge in [0.05, 0.1) is 11.4 Å². The van der Waals surface area contributed by atoms with Crippen molar-refractivity contribution in [2.24, 2.45) is 0 Å². The number of hydrogen-bond acceptors (Lipinski definition) is 4. The molecule has 1 N–H and O–H groups in total. The van der Waals surface area contributed by atoms with E-state index in [1.54, 1.807) is 17.5 Å². The van der Waals surface area contributed by atoms with Crippen LogP contribution in [0.15, 0.2) is 29.8 Å². The van der Waals surface area contributed by atoms with Gasteiger partial charge in [0.25, 0.3) is 0 Å². The minimum Gasteiger partial charge on any atom is -0.306 e. The van der Waals surface area contributed by atoms with Crippen LogP contribution in [0.5, 0.6) is 0 Å².